The molecule has 2 amide bonds. The Morgan fingerprint density at radius 3 is 2.52 bits per heavy atom. The normalized spacial score (nSPS) is 12.1. The number of halogens is 1. The van der Waals surface area contributed by atoms with Gasteiger partial charge in [-0.25, -0.2) is 0 Å². The first-order valence-electron chi connectivity index (χ1n) is 7.76. The molecule has 128 valence electrons. The van der Waals surface area contributed by atoms with Crippen molar-refractivity contribution in [2.75, 3.05) is 17.2 Å². The van der Waals surface area contributed by atoms with Gasteiger partial charge in [0.25, 0.3) is 0 Å². The van der Waals surface area contributed by atoms with Crippen molar-refractivity contribution in [3.8, 4) is 0 Å². The minimum Gasteiger partial charge on any atom is -0.378 e. The van der Waals surface area contributed by atoms with Gasteiger partial charge in [0.05, 0.1) is 29.8 Å². The zero-order valence-corrected chi connectivity index (χ0v) is 14.9. The molecule has 1 aromatic carbocycles. The van der Waals surface area contributed by atoms with E-state index in [1.807, 2.05) is 6.92 Å². The highest BCUT2D eigenvalue weighted by Gasteiger charge is 2.09. The number of carbonyl (C=O) groups is 2. The standard InChI is InChI=1S/C17H25ClN2O3/c1-11(2)9-12(3)23-8-7-17(22)20-14-5-6-15(18)16(10-14)19-13(4)21/h5-6,10-12H,7-9H2,1-4H3,(H,19,21)(H,20,22)/t12-/m1/s1. The lowest BCUT2D eigenvalue weighted by Gasteiger charge is -2.15. The largest absolute Gasteiger partial charge is 0.378 e. The summed E-state index contributed by atoms with van der Waals surface area (Å²) >= 11 is 5.99. The summed E-state index contributed by atoms with van der Waals surface area (Å²) < 4.78 is 5.62. The van der Waals surface area contributed by atoms with Crippen molar-refractivity contribution in [3.63, 3.8) is 0 Å². The average molecular weight is 341 g/mol. The molecular weight excluding hydrogens is 316 g/mol. The quantitative estimate of drug-likeness (QED) is 0.749. The van der Waals surface area contributed by atoms with Crippen LogP contribution in [-0.2, 0) is 14.3 Å². The number of hydrogen-bond acceptors (Lipinski definition) is 3. The minimum atomic E-state index is -0.220. The fourth-order valence-corrected chi connectivity index (χ4v) is 2.36. The number of ether oxygens (including phenoxy) is 1. The lowest BCUT2D eigenvalue weighted by atomic mass is 10.1. The first-order chi connectivity index (χ1) is 10.8. The van der Waals surface area contributed by atoms with Gasteiger partial charge in [-0.3, -0.25) is 9.59 Å². The van der Waals surface area contributed by atoms with Crippen molar-refractivity contribution in [1.29, 1.82) is 0 Å². The summed E-state index contributed by atoms with van der Waals surface area (Å²) in [5.41, 5.74) is 1.05. The van der Waals surface area contributed by atoms with E-state index in [1.165, 1.54) is 6.92 Å². The Bertz CT molecular complexity index is 547. The molecule has 6 heteroatoms. The highest BCUT2D eigenvalue weighted by Crippen LogP contribution is 2.25. The van der Waals surface area contributed by atoms with Crippen LogP contribution in [0.2, 0.25) is 5.02 Å². The molecule has 0 radical (unpaired) electrons. The number of rotatable bonds is 8. The van der Waals surface area contributed by atoms with E-state index < -0.39 is 0 Å². The van der Waals surface area contributed by atoms with Crippen molar-refractivity contribution in [1.82, 2.24) is 0 Å². The van der Waals surface area contributed by atoms with Crippen LogP contribution in [0.4, 0.5) is 11.4 Å². The Morgan fingerprint density at radius 2 is 1.91 bits per heavy atom. The topological polar surface area (TPSA) is 67.4 Å². The van der Waals surface area contributed by atoms with Gasteiger partial charge in [0.15, 0.2) is 0 Å². The molecule has 0 aliphatic rings. The zero-order chi connectivity index (χ0) is 17.4. The fraction of sp³-hybridized carbons (Fsp3) is 0.529. The molecule has 0 fully saturated rings. The van der Waals surface area contributed by atoms with Crippen molar-refractivity contribution in [3.05, 3.63) is 23.2 Å². The molecule has 23 heavy (non-hydrogen) atoms. The smallest absolute Gasteiger partial charge is 0.226 e. The van der Waals surface area contributed by atoms with Crippen molar-refractivity contribution in [2.45, 2.75) is 46.6 Å². The summed E-state index contributed by atoms with van der Waals surface area (Å²) in [5, 5.41) is 5.80. The fourth-order valence-electron chi connectivity index (χ4n) is 2.20. The predicted molar refractivity (Wildman–Crippen MR) is 93.9 cm³/mol. The Kier molecular flexibility index (Phi) is 8.06. The molecule has 0 aromatic heterocycles. The number of hydrogen-bond donors (Lipinski definition) is 2. The Labute approximate surface area is 142 Å². The summed E-state index contributed by atoms with van der Waals surface area (Å²) in [7, 11) is 0. The van der Waals surface area contributed by atoms with Crippen molar-refractivity contribution in [2.24, 2.45) is 5.92 Å². The van der Waals surface area contributed by atoms with Crippen molar-refractivity contribution < 1.29 is 14.3 Å². The first kappa shape index (κ1) is 19.5. The van der Waals surface area contributed by atoms with E-state index in [1.54, 1.807) is 18.2 Å². The monoisotopic (exact) mass is 340 g/mol. The van der Waals surface area contributed by atoms with Crippen LogP contribution >= 0.6 is 11.6 Å². The summed E-state index contributed by atoms with van der Waals surface area (Å²) in [5.74, 6) is 0.209. The summed E-state index contributed by atoms with van der Waals surface area (Å²) in [6, 6.07) is 4.95. The molecule has 1 rings (SSSR count). The number of benzene rings is 1. The van der Waals surface area contributed by atoms with E-state index in [0.717, 1.165) is 6.42 Å². The molecule has 0 aliphatic carbocycles. The van der Waals surface area contributed by atoms with E-state index in [2.05, 4.69) is 24.5 Å². The molecule has 0 saturated carbocycles. The molecule has 1 atom stereocenters. The number of amides is 2. The third-order valence-electron chi connectivity index (χ3n) is 3.10. The molecule has 0 spiro atoms. The van der Waals surface area contributed by atoms with Crippen molar-refractivity contribution >= 4 is 34.8 Å². The highest BCUT2D eigenvalue weighted by atomic mass is 35.5. The first-order valence-corrected chi connectivity index (χ1v) is 8.14. The van der Waals surface area contributed by atoms with Crippen LogP contribution in [0, 0.1) is 5.92 Å². The predicted octanol–water partition coefficient (Wildman–Crippen LogP) is 4.08. The van der Waals surface area contributed by atoms with E-state index >= 15 is 0 Å². The van der Waals surface area contributed by atoms with Crippen LogP contribution in [0.1, 0.15) is 40.5 Å². The van der Waals surface area contributed by atoms with Gasteiger partial charge < -0.3 is 15.4 Å². The van der Waals surface area contributed by atoms with E-state index in [9.17, 15) is 9.59 Å². The molecule has 0 aliphatic heterocycles. The van der Waals surface area contributed by atoms with Crippen LogP contribution in [0.5, 0.6) is 0 Å². The molecule has 5 nitrogen and oxygen atoms in total. The maximum Gasteiger partial charge on any atom is 0.226 e. The van der Waals surface area contributed by atoms with Gasteiger partial charge in [-0.1, -0.05) is 25.4 Å². The summed E-state index contributed by atoms with van der Waals surface area (Å²) in [6.45, 7) is 8.07. The molecule has 0 heterocycles. The molecule has 1 aromatic rings. The minimum absolute atomic E-state index is 0.141. The maximum atomic E-state index is 11.9. The Balaban J connectivity index is 2.46. The summed E-state index contributed by atoms with van der Waals surface area (Å²) in [6.07, 6.45) is 1.39. The van der Waals surface area contributed by atoms with Gasteiger partial charge in [-0.05, 0) is 37.5 Å². The van der Waals surface area contributed by atoms with Crippen LogP contribution in [0.3, 0.4) is 0 Å². The summed E-state index contributed by atoms with van der Waals surface area (Å²) in [4.78, 5) is 23.0. The third-order valence-corrected chi connectivity index (χ3v) is 3.43. The SMILES string of the molecule is CC(=O)Nc1cc(NC(=O)CCO[C@H](C)CC(C)C)ccc1Cl. The lowest BCUT2D eigenvalue weighted by molar-refractivity contribution is -0.117. The second kappa shape index (κ2) is 9.53. The van der Waals surface area contributed by atoms with Crippen LogP contribution in [0.25, 0.3) is 0 Å². The van der Waals surface area contributed by atoms with Gasteiger partial charge in [0.2, 0.25) is 11.8 Å². The second-order valence-corrected chi connectivity index (χ2v) is 6.39. The zero-order valence-electron chi connectivity index (χ0n) is 14.1. The maximum absolute atomic E-state index is 11.9. The van der Waals surface area contributed by atoms with Gasteiger partial charge in [-0.2, -0.15) is 0 Å². The Hall–Kier alpha value is -1.59. The Morgan fingerprint density at radius 1 is 1.22 bits per heavy atom. The van der Waals surface area contributed by atoms with Gasteiger partial charge >= 0.3 is 0 Å². The molecule has 0 unspecified atom stereocenters. The van der Waals surface area contributed by atoms with Gasteiger partial charge in [-0.15, -0.1) is 0 Å². The molecule has 0 saturated heterocycles. The average Bonchev–Trinajstić information content (AvgIpc) is 2.41. The molecule has 0 bridgehead atoms. The van der Waals surface area contributed by atoms with E-state index in [0.29, 0.717) is 28.9 Å². The molecule has 2 N–H and O–H groups in total. The van der Waals surface area contributed by atoms with Crippen LogP contribution in [-0.4, -0.2) is 24.5 Å². The second-order valence-electron chi connectivity index (χ2n) is 5.98. The highest BCUT2D eigenvalue weighted by molar-refractivity contribution is 6.33. The third kappa shape index (κ3) is 8.00. The van der Waals surface area contributed by atoms with Gasteiger partial charge in [0.1, 0.15) is 0 Å². The molecular formula is C17H25ClN2O3. The number of carbonyl (C=O) groups excluding carboxylic acids is 2. The van der Waals surface area contributed by atoms with Crippen LogP contribution in [0.15, 0.2) is 18.2 Å². The lowest BCUT2D eigenvalue weighted by Crippen LogP contribution is -2.18. The van der Waals surface area contributed by atoms with E-state index in [4.69, 9.17) is 16.3 Å². The van der Waals surface area contributed by atoms with E-state index in [-0.39, 0.29) is 24.3 Å². The number of nitrogens with one attached hydrogen (secondary N) is 2. The van der Waals surface area contributed by atoms with Gasteiger partial charge in [0, 0.05) is 12.6 Å². The van der Waals surface area contributed by atoms with Crippen LogP contribution < -0.4 is 10.6 Å². The number of anilines is 2.